The van der Waals surface area contributed by atoms with Gasteiger partial charge in [-0.1, -0.05) is 6.92 Å². The van der Waals surface area contributed by atoms with Crippen molar-refractivity contribution in [1.82, 2.24) is 0 Å². The van der Waals surface area contributed by atoms with Crippen LogP contribution < -0.4 is 0 Å². The fraction of sp³-hybridized carbons (Fsp3) is 0.235. The third kappa shape index (κ3) is 3.00. The molecule has 102 valence electrons. The Bertz CT molecular complexity index is 589. The average Bonchev–Trinajstić information content (AvgIpc) is 3.08. The van der Waals surface area contributed by atoms with Crippen LogP contribution >= 0.6 is 22.7 Å². The number of Topliss-reactive ketones (excluding diaryl/α,β-unsaturated/α-hetero) is 1. The molecule has 0 saturated heterocycles. The van der Waals surface area contributed by atoms with Crippen molar-refractivity contribution in [3.05, 3.63) is 55.9 Å². The summed E-state index contributed by atoms with van der Waals surface area (Å²) >= 11 is 3.33. The van der Waals surface area contributed by atoms with Crippen molar-refractivity contribution in [2.24, 2.45) is 5.92 Å². The number of thiophene rings is 2. The molecular formula is C17H16OS2. The predicted octanol–water partition coefficient (Wildman–Crippen LogP) is 5.28. The Morgan fingerprint density at radius 2 is 1.50 bits per heavy atom. The summed E-state index contributed by atoms with van der Waals surface area (Å²) < 4.78 is 0. The first kappa shape index (κ1) is 13.5. The molecule has 1 aliphatic carbocycles. The highest BCUT2D eigenvalue weighted by molar-refractivity contribution is 7.08. The van der Waals surface area contributed by atoms with E-state index in [-0.39, 0.29) is 5.78 Å². The average molecular weight is 300 g/mol. The summed E-state index contributed by atoms with van der Waals surface area (Å²) in [5.74, 6) is 0.753. The van der Waals surface area contributed by atoms with Gasteiger partial charge in [0.15, 0.2) is 5.78 Å². The van der Waals surface area contributed by atoms with Crippen LogP contribution in [0.15, 0.2) is 44.8 Å². The van der Waals surface area contributed by atoms with Gasteiger partial charge >= 0.3 is 0 Å². The molecule has 2 aromatic rings. The van der Waals surface area contributed by atoms with Crippen molar-refractivity contribution >= 4 is 40.6 Å². The fourth-order valence-electron chi connectivity index (χ4n) is 2.58. The number of ketones is 1. The molecule has 1 atom stereocenters. The Labute approximate surface area is 127 Å². The maximum atomic E-state index is 12.6. The molecule has 3 rings (SSSR count). The van der Waals surface area contributed by atoms with Crippen LogP contribution in [-0.4, -0.2) is 5.78 Å². The number of rotatable bonds is 2. The normalized spacial score (nSPS) is 23.6. The van der Waals surface area contributed by atoms with Crippen LogP contribution in [0.3, 0.4) is 0 Å². The Hall–Kier alpha value is -1.45. The van der Waals surface area contributed by atoms with Gasteiger partial charge in [0, 0.05) is 11.1 Å². The third-order valence-corrected chi connectivity index (χ3v) is 4.89. The largest absolute Gasteiger partial charge is 0.289 e. The van der Waals surface area contributed by atoms with E-state index in [1.165, 1.54) is 0 Å². The van der Waals surface area contributed by atoms with Crippen molar-refractivity contribution in [2.75, 3.05) is 0 Å². The van der Waals surface area contributed by atoms with Gasteiger partial charge in [-0.25, -0.2) is 0 Å². The van der Waals surface area contributed by atoms with Crippen molar-refractivity contribution in [3.63, 3.8) is 0 Å². The lowest BCUT2D eigenvalue weighted by Crippen LogP contribution is -2.18. The van der Waals surface area contributed by atoms with Gasteiger partial charge in [-0.05, 0) is 75.7 Å². The summed E-state index contributed by atoms with van der Waals surface area (Å²) in [5.41, 5.74) is 4.18. The summed E-state index contributed by atoms with van der Waals surface area (Å²) in [5, 5.41) is 8.26. The van der Waals surface area contributed by atoms with E-state index in [0.717, 1.165) is 35.1 Å². The Balaban J connectivity index is 1.92. The van der Waals surface area contributed by atoms with Crippen LogP contribution in [0.4, 0.5) is 0 Å². The molecule has 0 aliphatic heterocycles. The van der Waals surface area contributed by atoms with E-state index in [1.54, 1.807) is 22.7 Å². The van der Waals surface area contributed by atoms with E-state index in [2.05, 4.69) is 42.0 Å². The van der Waals surface area contributed by atoms with Gasteiger partial charge in [0.05, 0.1) is 0 Å². The minimum absolute atomic E-state index is 0.223. The topological polar surface area (TPSA) is 17.1 Å². The fourth-order valence-corrected chi connectivity index (χ4v) is 3.82. The molecule has 0 aromatic carbocycles. The van der Waals surface area contributed by atoms with Crippen LogP contribution in [-0.2, 0) is 4.79 Å². The van der Waals surface area contributed by atoms with Crippen LogP contribution in [0.25, 0.3) is 12.2 Å². The van der Waals surface area contributed by atoms with Gasteiger partial charge in [-0.2, -0.15) is 22.7 Å². The van der Waals surface area contributed by atoms with E-state index in [4.69, 9.17) is 0 Å². The number of carbonyl (C=O) groups is 1. The Kier molecular flexibility index (Phi) is 3.99. The smallest absolute Gasteiger partial charge is 0.185 e. The van der Waals surface area contributed by atoms with Crippen LogP contribution in [0.2, 0.25) is 0 Å². The van der Waals surface area contributed by atoms with E-state index in [0.29, 0.717) is 5.92 Å². The van der Waals surface area contributed by atoms with Gasteiger partial charge in [0.2, 0.25) is 0 Å². The summed E-state index contributed by atoms with van der Waals surface area (Å²) in [6.07, 6.45) is 5.87. The lowest BCUT2D eigenvalue weighted by atomic mass is 9.81. The van der Waals surface area contributed by atoms with Gasteiger partial charge < -0.3 is 0 Å². The highest BCUT2D eigenvalue weighted by atomic mass is 32.1. The maximum Gasteiger partial charge on any atom is 0.185 e. The second kappa shape index (κ2) is 5.90. The number of carbonyl (C=O) groups excluding carboxylic acids is 1. The molecule has 0 radical (unpaired) electrons. The molecule has 2 heterocycles. The molecule has 1 saturated carbocycles. The van der Waals surface area contributed by atoms with E-state index in [1.807, 2.05) is 10.8 Å². The molecule has 0 spiro atoms. The molecule has 1 nitrogen and oxygen atoms in total. The number of allylic oxidation sites excluding steroid dienone is 2. The van der Waals surface area contributed by atoms with Crippen LogP contribution in [0.1, 0.15) is 30.9 Å². The zero-order valence-corrected chi connectivity index (χ0v) is 13.0. The Morgan fingerprint density at radius 1 is 1.00 bits per heavy atom. The molecule has 0 N–H and O–H groups in total. The quantitative estimate of drug-likeness (QED) is 0.690. The van der Waals surface area contributed by atoms with E-state index < -0.39 is 0 Å². The van der Waals surface area contributed by atoms with Gasteiger partial charge in [-0.15, -0.1) is 0 Å². The lowest BCUT2D eigenvalue weighted by Gasteiger charge is -2.22. The molecular weight excluding hydrogens is 284 g/mol. The summed E-state index contributed by atoms with van der Waals surface area (Å²) in [6, 6.07) is 4.12. The molecule has 2 aromatic heterocycles. The van der Waals surface area contributed by atoms with Crippen molar-refractivity contribution in [3.8, 4) is 0 Å². The molecule has 3 heteroatoms. The highest BCUT2D eigenvalue weighted by Crippen LogP contribution is 2.32. The summed E-state index contributed by atoms with van der Waals surface area (Å²) in [4.78, 5) is 12.6. The van der Waals surface area contributed by atoms with Crippen molar-refractivity contribution in [2.45, 2.75) is 19.8 Å². The third-order valence-electron chi connectivity index (χ3n) is 3.49. The molecule has 1 fully saturated rings. The van der Waals surface area contributed by atoms with Gasteiger partial charge in [0.25, 0.3) is 0 Å². The summed E-state index contributed by atoms with van der Waals surface area (Å²) in [6.45, 7) is 2.22. The van der Waals surface area contributed by atoms with Crippen LogP contribution in [0.5, 0.6) is 0 Å². The highest BCUT2D eigenvalue weighted by Gasteiger charge is 2.25. The second-order valence-corrected chi connectivity index (χ2v) is 6.86. The standard InChI is InChI=1S/C17H16OS2/c1-12-6-15(8-13-2-4-19-10-13)17(18)16(7-12)9-14-3-5-20-11-14/h2-5,8-12H,6-7H2,1H3/b15-8-,16-9+. The minimum atomic E-state index is 0.223. The SMILES string of the molecule is CC1C/C(=C/c2ccsc2)C(=O)/C(=C/c2ccsc2)C1. The monoisotopic (exact) mass is 300 g/mol. The van der Waals surface area contributed by atoms with E-state index >= 15 is 0 Å². The number of hydrogen-bond acceptors (Lipinski definition) is 3. The van der Waals surface area contributed by atoms with Gasteiger partial charge in [-0.3, -0.25) is 4.79 Å². The first-order valence-corrected chi connectivity index (χ1v) is 8.61. The van der Waals surface area contributed by atoms with Crippen LogP contribution in [0, 0.1) is 5.92 Å². The first-order valence-electron chi connectivity index (χ1n) is 6.72. The van der Waals surface area contributed by atoms with Crippen molar-refractivity contribution < 1.29 is 4.79 Å². The van der Waals surface area contributed by atoms with Crippen molar-refractivity contribution in [1.29, 1.82) is 0 Å². The van der Waals surface area contributed by atoms with Gasteiger partial charge in [0.1, 0.15) is 0 Å². The lowest BCUT2D eigenvalue weighted by molar-refractivity contribution is -0.113. The second-order valence-electron chi connectivity index (χ2n) is 5.30. The predicted molar refractivity (Wildman–Crippen MR) is 88.0 cm³/mol. The Morgan fingerprint density at radius 3 is 1.90 bits per heavy atom. The first-order chi connectivity index (χ1) is 9.72. The maximum absolute atomic E-state index is 12.6. The number of hydrogen-bond donors (Lipinski definition) is 0. The molecule has 0 bridgehead atoms. The van der Waals surface area contributed by atoms with E-state index in [9.17, 15) is 4.79 Å². The molecule has 1 aliphatic rings. The zero-order chi connectivity index (χ0) is 13.9. The minimum Gasteiger partial charge on any atom is -0.289 e. The zero-order valence-electron chi connectivity index (χ0n) is 11.3. The summed E-state index contributed by atoms with van der Waals surface area (Å²) in [7, 11) is 0. The molecule has 20 heavy (non-hydrogen) atoms. The molecule has 0 amide bonds. The molecule has 1 unspecified atom stereocenters.